The van der Waals surface area contributed by atoms with Crippen LogP contribution in [0.1, 0.15) is 24.2 Å². The summed E-state index contributed by atoms with van der Waals surface area (Å²) in [5.74, 6) is 0.260. The Hall–Kier alpha value is -1.13. The Morgan fingerprint density at radius 2 is 2.11 bits per heavy atom. The van der Waals surface area contributed by atoms with Crippen molar-refractivity contribution in [2.45, 2.75) is 19.9 Å². The van der Waals surface area contributed by atoms with Crippen molar-refractivity contribution in [3.05, 3.63) is 29.0 Å². The van der Waals surface area contributed by atoms with Gasteiger partial charge in [-0.15, -0.1) is 0 Å². The second-order valence-electron chi connectivity index (χ2n) is 4.96. The molecular weight excluding hydrogens is 250 g/mol. The number of likely N-dealkylation sites (N-methyl/N-ethyl adjacent to an activating group) is 1. The van der Waals surface area contributed by atoms with Gasteiger partial charge in [-0.05, 0) is 32.1 Å². The molecule has 1 N–H and O–H groups in total. The molecule has 100 valence electrons. The molecule has 1 atom stereocenters. The molecule has 1 unspecified atom stereocenters. The van der Waals surface area contributed by atoms with Crippen LogP contribution in [0, 0.1) is 5.92 Å². The number of pyridine rings is 1. The Bertz CT molecular complexity index is 390. The molecule has 0 radical (unpaired) electrons. The Kier molecular flexibility index (Phi) is 5.56. The lowest BCUT2D eigenvalue weighted by atomic mass is 10.0. The summed E-state index contributed by atoms with van der Waals surface area (Å²) < 4.78 is 0. The van der Waals surface area contributed by atoms with E-state index in [0.29, 0.717) is 16.6 Å². The highest BCUT2D eigenvalue weighted by molar-refractivity contribution is 6.29. The van der Waals surface area contributed by atoms with Crippen molar-refractivity contribution in [1.82, 2.24) is 15.2 Å². The van der Waals surface area contributed by atoms with Crippen LogP contribution in [0.5, 0.6) is 0 Å². The van der Waals surface area contributed by atoms with Crippen LogP contribution in [-0.2, 0) is 0 Å². The van der Waals surface area contributed by atoms with Crippen molar-refractivity contribution in [3.8, 4) is 0 Å². The first kappa shape index (κ1) is 14.9. The van der Waals surface area contributed by atoms with Gasteiger partial charge in [-0.1, -0.05) is 25.4 Å². The molecule has 4 nitrogen and oxygen atoms in total. The molecule has 0 bridgehead atoms. The topological polar surface area (TPSA) is 45.2 Å². The summed E-state index contributed by atoms with van der Waals surface area (Å²) in [7, 11) is 3.98. The molecule has 0 fully saturated rings. The lowest BCUT2D eigenvalue weighted by Gasteiger charge is -2.25. The van der Waals surface area contributed by atoms with Crippen LogP contribution in [0.3, 0.4) is 0 Å². The Morgan fingerprint density at radius 1 is 1.44 bits per heavy atom. The number of hydrogen-bond acceptors (Lipinski definition) is 3. The number of halogens is 1. The number of carbonyl (C=O) groups excluding carboxylic acids is 1. The highest BCUT2D eigenvalue weighted by atomic mass is 35.5. The molecular formula is C13H20ClN3O. The maximum Gasteiger partial charge on any atom is 0.253 e. The van der Waals surface area contributed by atoms with E-state index >= 15 is 0 Å². The maximum absolute atomic E-state index is 12.0. The first-order valence-corrected chi connectivity index (χ1v) is 6.35. The summed E-state index contributed by atoms with van der Waals surface area (Å²) in [5.41, 5.74) is 0.531. The SMILES string of the molecule is CC(C)C(CN(C)C)NC(=O)c1ccc(Cl)nc1. The molecule has 1 amide bonds. The summed E-state index contributed by atoms with van der Waals surface area (Å²) in [4.78, 5) is 18.0. The van der Waals surface area contributed by atoms with Gasteiger partial charge in [0.05, 0.1) is 5.56 Å². The van der Waals surface area contributed by atoms with Crippen LogP contribution in [-0.4, -0.2) is 42.5 Å². The van der Waals surface area contributed by atoms with E-state index in [4.69, 9.17) is 11.6 Å². The van der Waals surface area contributed by atoms with E-state index < -0.39 is 0 Å². The van der Waals surface area contributed by atoms with Gasteiger partial charge in [-0.25, -0.2) is 4.98 Å². The smallest absolute Gasteiger partial charge is 0.253 e. The molecule has 0 aliphatic heterocycles. The fourth-order valence-electron chi connectivity index (χ4n) is 1.58. The van der Waals surface area contributed by atoms with Crippen LogP contribution in [0.4, 0.5) is 0 Å². The third kappa shape index (κ3) is 4.63. The third-order valence-corrected chi connectivity index (χ3v) is 2.90. The van der Waals surface area contributed by atoms with Crippen LogP contribution in [0.15, 0.2) is 18.3 Å². The molecule has 1 aromatic heterocycles. The van der Waals surface area contributed by atoms with E-state index in [2.05, 4.69) is 29.0 Å². The van der Waals surface area contributed by atoms with Gasteiger partial charge in [-0.3, -0.25) is 4.79 Å². The fourth-order valence-corrected chi connectivity index (χ4v) is 1.69. The Labute approximate surface area is 113 Å². The number of nitrogens with zero attached hydrogens (tertiary/aromatic N) is 2. The molecule has 0 aromatic carbocycles. The molecule has 0 spiro atoms. The second-order valence-corrected chi connectivity index (χ2v) is 5.34. The largest absolute Gasteiger partial charge is 0.348 e. The maximum atomic E-state index is 12.0. The van der Waals surface area contributed by atoms with E-state index in [-0.39, 0.29) is 11.9 Å². The highest BCUT2D eigenvalue weighted by Crippen LogP contribution is 2.08. The van der Waals surface area contributed by atoms with Gasteiger partial charge in [0, 0.05) is 18.8 Å². The Morgan fingerprint density at radius 3 is 2.56 bits per heavy atom. The quantitative estimate of drug-likeness (QED) is 0.832. The van der Waals surface area contributed by atoms with Gasteiger partial charge >= 0.3 is 0 Å². The van der Waals surface area contributed by atoms with Gasteiger partial charge in [0.15, 0.2) is 0 Å². The summed E-state index contributed by atoms with van der Waals surface area (Å²) in [6.07, 6.45) is 1.49. The van der Waals surface area contributed by atoms with Crippen molar-refractivity contribution in [2.75, 3.05) is 20.6 Å². The molecule has 1 rings (SSSR count). The van der Waals surface area contributed by atoms with E-state index in [9.17, 15) is 4.79 Å². The molecule has 1 heterocycles. The number of rotatable bonds is 5. The van der Waals surface area contributed by atoms with Gasteiger partial charge < -0.3 is 10.2 Å². The van der Waals surface area contributed by atoms with Crippen LogP contribution in [0.25, 0.3) is 0 Å². The van der Waals surface area contributed by atoms with Crippen LogP contribution in [0.2, 0.25) is 5.15 Å². The zero-order valence-corrected chi connectivity index (χ0v) is 12.0. The molecule has 5 heteroatoms. The third-order valence-electron chi connectivity index (χ3n) is 2.67. The minimum Gasteiger partial charge on any atom is -0.348 e. The standard InChI is InChI=1S/C13H20ClN3O/c1-9(2)11(8-17(3)4)16-13(18)10-5-6-12(14)15-7-10/h5-7,9,11H,8H2,1-4H3,(H,16,18). The van der Waals surface area contributed by atoms with E-state index in [1.165, 1.54) is 6.20 Å². The number of hydrogen-bond donors (Lipinski definition) is 1. The molecule has 0 aliphatic carbocycles. The normalized spacial score (nSPS) is 12.8. The van der Waals surface area contributed by atoms with E-state index in [0.717, 1.165) is 6.54 Å². The minimum atomic E-state index is -0.111. The summed E-state index contributed by atoms with van der Waals surface area (Å²) >= 11 is 5.69. The van der Waals surface area contributed by atoms with E-state index in [1.807, 2.05) is 14.1 Å². The van der Waals surface area contributed by atoms with Crippen LogP contribution >= 0.6 is 11.6 Å². The lowest BCUT2D eigenvalue weighted by Crippen LogP contribution is -2.45. The average molecular weight is 270 g/mol. The number of aromatic nitrogens is 1. The predicted octanol–water partition coefficient (Wildman–Crippen LogP) is 2.05. The summed E-state index contributed by atoms with van der Waals surface area (Å²) in [6, 6.07) is 3.41. The van der Waals surface area contributed by atoms with Crippen molar-refractivity contribution < 1.29 is 4.79 Å². The first-order chi connectivity index (χ1) is 8.40. The molecule has 1 aromatic rings. The van der Waals surface area contributed by atoms with Crippen molar-refractivity contribution in [3.63, 3.8) is 0 Å². The number of amides is 1. The molecule has 0 saturated heterocycles. The van der Waals surface area contributed by atoms with Crippen molar-refractivity contribution in [1.29, 1.82) is 0 Å². The second kappa shape index (κ2) is 6.71. The van der Waals surface area contributed by atoms with Gasteiger partial charge in [-0.2, -0.15) is 0 Å². The predicted molar refractivity (Wildman–Crippen MR) is 73.9 cm³/mol. The fraction of sp³-hybridized carbons (Fsp3) is 0.538. The number of nitrogens with one attached hydrogen (secondary N) is 1. The highest BCUT2D eigenvalue weighted by Gasteiger charge is 2.17. The van der Waals surface area contributed by atoms with Crippen molar-refractivity contribution >= 4 is 17.5 Å². The zero-order valence-electron chi connectivity index (χ0n) is 11.3. The minimum absolute atomic E-state index is 0.111. The van der Waals surface area contributed by atoms with Gasteiger partial charge in [0.1, 0.15) is 5.15 Å². The zero-order chi connectivity index (χ0) is 13.7. The average Bonchev–Trinajstić information content (AvgIpc) is 2.28. The summed E-state index contributed by atoms with van der Waals surface area (Å²) in [6.45, 7) is 4.99. The summed E-state index contributed by atoms with van der Waals surface area (Å²) in [5, 5.41) is 3.41. The molecule has 0 aliphatic rings. The van der Waals surface area contributed by atoms with Crippen LogP contribution < -0.4 is 5.32 Å². The monoisotopic (exact) mass is 269 g/mol. The molecule has 0 saturated carbocycles. The Balaban J connectivity index is 2.69. The van der Waals surface area contributed by atoms with E-state index in [1.54, 1.807) is 12.1 Å². The van der Waals surface area contributed by atoms with Gasteiger partial charge in [0.2, 0.25) is 0 Å². The first-order valence-electron chi connectivity index (χ1n) is 5.97. The van der Waals surface area contributed by atoms with Crippen molar-refractivity contribution in [2.24, 2.45) is 5.92 Å². The lowest BCUT2D eigenvalue weighted by molar-refractivity contribution is 0.0916. The molecule has 18 heavy (non-hydrogen) atoms. The van der Waals surface area contributed by atoms with Gasteiger partial charge in [0.25, 0.3) is 5.91 Å². The number of carbonyl (C=O) groups is 1.